The number of halogens is 1. The molecule has 1 rings (SSSR count). The second-order valence-corrected chi connectivity index (χ2v) is 2.24. The van der Waals surface area contributed by atoms with Crippen molar-refractivity contribution < 1.29 is 17.0 Å². The van der Waals surface area contributed by atoms with Crippen LogP contribution in [0.15, 0.2) is 30.3 Å². The second kappa shape index (κ2) is 15.0. The van der Waals surface area contributed by atoms with E-state index in [4.69, 9.17) is 0 Å². The van der Waals surface area contributed by atoms with Gasteiger partial charge in [-0.25, -0.2) is 0 Å². The predicted octanol–water partition coefficient (Wildman–Crippen LogP) is 0.103. The second-order valence-electron chi connectivity index (χ2n) is 2.24. The van der Waals surface area contributed by atoms with Crippen LogP contribution in [0.1, 0.15) is 25.8 Å². The first-order chi connectivity index (χ1) is 5.43. The van der Waals surface area contributed by atoms with Crippen molar-refractivity contribution in [3.8, 4) is 0 Å². The average Bonchev–Trinajstić information content (AvgIpc) is 2.11. The largest absolute Gasteiger partial charge is 2.00 e. The summed E-state index contributed by atoms with van der Waals surface area (Å²) in [5.41, 5.74) is 1.44. The van der Waals surface area contributed by atoms with Gasteiger partial charge in [0.1, 0.15) is 0 Å². The van der Waals surface area contributed by atoms with Gasteiger partial charge >= 0.3 is 23.1 Å². The van der Waals surface area contributed by atoms with E-state index in [2.05, 4.69) is 44.2 Å². The molecule has 0 aliphatic heterocycles. The maximum absolute atomic E-state index is 3.25. The van der Waals surface area contributed by atoms with Gasteiger partial charge in [-0.3, -0.25) is 0 Å². The third-order valence-electron chi connectivity index (χ3n) is 1.38. The SMILES string of the molecule is CCCc1ccccc1.[Br-].[CH2-]C.[Mg+2]. The standard InChI is InChI=1S/C9H12.C2H5.BrH.Mg/c1-2-6-9-7-4-3-5-8-9;1-2;;/h3-5,7-8H,2,6H2,1H3;1H2,2H3;1H;/q;-1;;+2/p-1. The van der Waals surface area contributed by atoms with E-state index in [0.29, 0.717) is 0 Å². The first kappa shape index (κ1) is 19.1. The minimum Gasteiger partial charge on any atom is -1.00 e. The van der Waals surface area contributed by atoms with Crippen molar-refractivity contribution >= 4 is 23.1 Å². The Hall–Kier alpha value is 0.466. The summed E-state index contributed by atoms with van der Waals surface area (Å²) < 4.78 is 0. The van der Waals surface area contributed by atoms with Crippen LogP contribution >= 0.6 is 0 Å². The summed E-state index contributed by atoms with van der Waals surface area (Å²) in [5, 5.41) is 0. The number of rotatable bonds is 2. The molecule has 1 aromatic carbocycles. The van der Waals surface area contributed by atoms with E-state index in [0.717, 1.165) is 0 Å². The van der Waals surface area contributed by atoms with Gasteiger partial charge in [-0.1, -0.05) is 43.7 Å². The summed E-state index contributed by atoms with van der Waals surface area (Å²) in [7, 11) is 0. The molecule has 0 aliphatic rings. The molecule has 0 radical (unpaired) electrons. The van der Waals surface area contributed by atoms with Crippen LogP contribution in [-0.4, -0.2) is 23.1 Å². The monoisotopic (exact) mass is 252 g/mol. The molecular formula is C11H17BrMg. The number of benzene rings is 1. The van der Waals surface area contributed by atoms with Gasteiger partial charge in [-0.15, -0.1) is 0 Å². The van der Waals surface area contributed by atoms with E-state index in [9.17, 15) is 0 Å². The van der Waals surface area contributed by atoms with Crippen molar-refractivity contribution in [2.75, 3.05) is 0 Å². The molecule has 0 heterocycles. The van der Waals surface area contributed by atoms with E-state index in [1.807, 2.05) is 0 Å². The average molecular weight is 253 g/mol. The van der Waals surface area contributed by atoms with E-state index in [1.165, 1.54) is 18.4 Å². The van der Waals surface area contributed by atoms with Crippen LogP contribution in [0.5, 0.6) is 0 Å². The first-order valence-electron chi connectivity index (χ1n) is 4.18. The minimum absolute atomic E-state index is 0. The van der Waals surface area contributed by atoms with E-state index in [-0.39, 0.29) is 40.0 Å². The van der Waals surface area contributed by atoms with Crippen molar-refractivity contribution in [1.82, 2.24) is 0 Å². The molecule has 0 fully saturated rings. The molecule has 0 N–H and O–H groups in total. The molecule has 0 bridgehead atoms. The van der Waals surface area contributed by atoms with Crippen LogP contribution in [-0.2, 0) is 6.42 Å². The van der Waals surface area contributed by atoms with Gasteiger partial charge in [0.05, 0.1) is 0 Å². The van der Waals surface area contributed by atoms with Gasteiger partial charge in [0.25, 0.3) is 0 Å². The molecule has 0 atom stereocenters. The van der Waals surface area contributed by atoms with Crippen molar-refractivity contribution in [3.05, 3.63) is 42.8 Å². The Kier molecular flexibility index (Phi) is 22.0. The van der Waals surface area contributed by atoms with Gasteiger partial charge in [-0.2, -0.15) is 6.92 Å². The molecule has 0 unspecified atom stereocenters. The maximum atomic E-state index is 3.25. The van der Waals surface area contributed by atoms with Crippen LogP contribution in [0, 0.1) is 6.92 Å². The Morgan fingerprint density at radius 3 is 1.92 bits per heavy atom. The molecule has 0 saturated carbocycles. The van der Waals surface area contributed by atoms with E-state index >= 15 is 0 Å². The fraction of sp³-hybridized carbons (Fsp3) is 0.364. The topological polar surface area (TPSA) is 0 Å². The third-order valence-corrected chi connectivity index (χ3v) is 1.38. The zero-order chi connectivity index (χ0) is 8.53. The molecule has 13 heavy (non-hydrogen) atoms. The van der Waals surface area contributed by atoms with Crippen LogP contribution in [0.3, 0.4) is 0 Å². The fourth-order valence-electron chi connectivity index (χ4n) is 0.933. The molecule has 0 nitrogen and oxygen atoms in total. The zero-order valence-electron chi connectivity index (χ0n) is 8.59. The minimum atomic E-state index is 0. The van der Waals surface area contributed by atoms with Gasteiger partial charge in [0.15, 0.2) is 0 Å². The van der Waals surface area contributed by atoms with Crippen LogP contribution in [0.2, 0.25) is 0 Å². The molecule has 0 aliphatic carbocycles. The summed E-state index contributed by atoms with van der Waals surface area (Å²) in [6.07, 6.45) is 2.45. The number of hydrogen-bond acceptors (Lipinski definition) is 0. The van der Waals surface area contributed by atoms with Crippen molar-refractivity contribution in [2.45, 2.75) is 26.7 Å². The Labute approximate surface area is 109 Å². The molecule has 0 saturated heterocycles. The van der Waals surface area contributed by atoms with Gasteiger partial charge in [0.2, 0.25) is 0 Å². The molecular weight excluding hydrogens is 236 g/mol. The molecule has 0 aromatic heterocycles. The zero-order valence-corrected chi connectivity index (χ0v) is 11.6. The summed E-state index contributed by atoms with van der Waals surface area (Å²) >= 11 is 0. The molecule has 2 heteroatoms. The summed E-state index contributed by atoms with van der Waals surface area (Å²) in [6.45, 7) is 7.20. The Morgan fingerprint density at radius 1 is 1.08 bits per heavy atom. The van der Waals surface area contributed by atoms with Crippen LogP contribution in [0.25, 0.3) is 0 Å². The Morgan fingerprint density at radius 2 is 1.54 bits per heavy atom. The Bertz CT molecular complexity index is 163. The van der Waals surface area contributed by atoms with Crippen LogP contribution in [0.4, 0.5) is 0 Å². The van der Waals surface area contributed by atoms with Crippen molar-refractivity contribution in [1.29, 1.82) is 0 Å². The van der Waals surface area contributed by atoms with Crippen LogP contribution < -0.4 is 17.0 Å². The predicted molar refractivity (Wildman–Crippen MR) is 57.2 cm³/mol. The van der Waals surface area contributed by atoms with E-state index in [1.54, 1.807) is 6.92 Å². The fourth-order valence-corrected chi connectivity index (χ4v) is 0.933. The molecule has 1 aromatic rings. The number of aryl methyl sites for hydroxylation is 1. The molecule has 0 spiro atoms. The van der Waals surface area contributed by atoms with E-state index < -0.39 is 0 Å². The summed E-state index contributed by atoms with van der Waals surface area (Å²) in [6, 6.07) is 10.6. The summed E-state index contributed by atoms with van der Waals surface area (Å²) in [5.74, 6) is 0. The van der Waals surface area contributed by atoms with Gasteiger partial charge < -0.3 is 23.9 Å². The van der Waals surface area contributed by atoms with Gasteiger partial charge in [0, 0.05) is 0 Å². The molecule has 70 valence electrons. The normalized spacial score (nSPS) is 7.00. The maximum Gasteiger partial charge on any atom is 2.00 e. The van der Waals surface area contributed by atoms with Crippen molar-refractivity contribution in [3.63, 3.8) is 0 Å². The molecule has 0 amide bonds. The first-order valence-corrected chi connectivity index (χ1v) is 4.18. The summed E-state index contributed by atoms with van der Waals surface area (Å²) in [4.78, 5) is 0. The quantitative estimate of drug-likeness (QED) is 0.518. The smallest absolute Gasteiger partial charge is 1.00 e. The van der Waals surface area contributed by atoms with Gasteiger partial charge in [-0.05, 0) is 12.0 Å². The third kappa shape index (κ3) is 10.4. The number of hydrogen-bond donors (Lipinski definition) is 0. The Balaban J connectivity index is -0.000000234. The van der Waals surface area contributed by atoms with Crippen molar-refractivity contribution in [2.24, 2.45) is 0 Å².